The average Bonchev–Trinajstić information content (AvgIpc) is 2.39. The number of fused-ring (bicyclic) bond motifs is 2. The summed E-state index contributed by atoms with van der Waals surface area (Å²) < 4.78 is 12.1. The van der Waals surface area contributed by atoms with E-state index in [1.807, 2.05) is 18.2 Å². The van der Waals surface area contributed by atoms with Crippen molar-refractivity contribution < 1.29 is 9.00 Å². The Hall–Kier alpha value is -1.03. The number of rotatable bonds is 3. The molecule has 2 saturated heterocycles. The Morgan fingerprint density at radius 2 is 2.00 bits per heavy atom. The second-order valence-corrected chi connectivity index (χ2v) is 7.63. The van der Waals surface area contributed by atoms with E-state index in [2.05, 4.69) is 4.98 Å². The summed E-state index contributed by atoms with van der Waals surface area (Å²) in [4.78, 5) is 16.6. The van der Waals surface area contributed by atoms with Crippen LogP contribution in [0.4, 0.5) is 0 Å². The molecule has 0 aliphatic carbocycles. The molecule has 2 fully saturated rings. The van der Waals surface area contributed by atoms with Gasteiger partial charge in [0.25, 0.3) is 0 Å². The smallest absolute Gasteiger partial charge is 0.141 e. The minimum Gasteiger partial charge on any atom is -0.299 e. The normalized spacial score (nSPS) is 33.9. The Morgan fingerprint density at radius 3 is 2.63 bits per heavy atom. The molecule has 102 valence electrons. The highest BCUT2D eigenvalue weighted by molar-refractivity contribution is 7.86. The zero-order valence-electron chi connectivity index (χ0n) is 11.0. The highest BCUT2D eigenvalue weighted by Crippen LogP contribution is 2.37. The molecule has 2 bridgehead atoms. The highest BCUT2D eigenvalue weighted by Gasteiger charge is 2.40. The first-order valence-electron chi connectivity index (χ1n) is 7.06. The zero-order valence-corrected chi connectivity index (χ0v) is 11.8. The van der Waals surface area contributed by atoms with Gasteiger partial charge in [0, 0.05) is 45.5 Å². The topological polar surface area (TPSA) is 47.0 Å². The van der Waals surface area contributed by atoms with Gasteiger partial charge in [-0.1, -0.05) is 12.5 Å². The van der Waals surface area contributed by atoms with Crippen LogP contribution in [0.5, 0.6) is 0 Å². The van der Waals surface area contributed by atoms with E-state index < -0.39 is 10.8 Å². The van der Waals surface area contributed by atoms with E-state index in [-0.39, 0.29) is 22.2 Å². The second kappa shape index (κ2) is 5.53. The fraction of sp³-hybridized carbons (Fsp3) is 0.600. The van der Waals surface area contributed by atoms with Crippen LogP contribution in [0.1, 0.15) is 37.8 Å². The van der Waals surface area contributed by atoms with E-state index in [0.29, 0.717) is 6.42 Å². The van der Waals surface area contributed by atoms with Gasteiger partial charge in [0.05, 0.1) is 0 Å². The standard InChI is InChI=1S/C15H19NO2S/c17-15(10-12-4-1-2-7-16-12)11-8-13-5-3-6-14(9-11)19(13)18/h1-2,4,7,11,13-14H,3,5-6,8-10H2. The molecule has 0 saturated carbocycles. The van der Waals surface area contributed by atoms with Gasteiger partial charge in [-0.25, -0.2) is 0 Å². The van der Waals surface area contributed by atoms with Gasteiger partial charge >= 0.3 is 0 Å². The quantitative estimate of drug-likeness (QED) is 0.851. The van der Waals surface area contributed by atoms with Crippen LogP contribution in [-0.4, -0.2) is 25.5 Å². The van der Waals surface area contributed by atoms with Gasteiger partial charge < -0.3 is 0 Å². The van der Waals surface area contributed by atoms with Crippen molar-refractivity contribution in [3.05, 3.63) is 30.1 Å². The molecule has 0 N–H and O–H groups in total. The van der Waals surface area contributed by atoms with Crippen LogP contribution >= 0.6 is 0 Å². The molecule has 0 aromatic carbocycles. The first-order chi connectivity index (χ1) is 9.24. The van der Waals surface area contributed by atoms with E-state index in [0.717, 1.165) is 31.4 Å². The van der Waals surface area contributed by atoms with E-state index in [9.17, 15) is 9.00 Å². The van der Waals surface area contributed by atoms with Gasteiger partial charge in [0.2, 0.25) is 0 Å². The van der Waals surface area contributed by atoms with Crippen molar-refractivity contribution in [3.63, 3.8) is 0 Å². The molecule has 2 atom stereocenters. The Balaban J connectivity index is 1.66. The molecule has 1 aromatic heterocycles. The molecule has 2 aliphatic rings. The molecule has 4 heteroatoms. The molecule has 0 radical (unpaired) electrons. The summed E-state index contributed by atoms with van der Waals surface area (Å²) in [7, 11) is -0.688. The predicted molar refractivity (Wildman–Crippen MR) is 75.2 cm³/mol. The summed E-state index contributed by atoms with van der Waals surface area (Å²) in [5.74, 6) is 0.391. The largest absolute Gasteiger partial charge is 0.299 e. The summed E-state index contributed by atoms with van der Waals surface area (Å²) >= 11 is 0. The maximum Gasteiger partial charge on any atom is 0.141 e. The summed E-state index contributed by atoms with van der Waals surface area (Å²) in [6.45, 7) is 0. The zero-order chi connectivity index (χ0) is 13.2. The fourth-order valence-electron chi connectivity index (χ4n) is 3.32. The van der Waals surface area contributed by atoms with Crippen molar-refractivity contribution >= 4 is 16.6 Å². The third-order valence-corrected chi connectivity index (χ3v) is 6.51. The number of Topliss-reactive ketones (excluding diaryl/α,β-unsaturated/α-hetero) is 1. The van der Waals surface area contributed by atoms with Crippen molar-refractivity contribution in [2.75, 3.05) is 0 Å². The molecular formula is C15H19NO2S. The van der Waals surface area contributed by atoms with E-state index in [4.69, 9.17) is 0 Å². The van der Waals surface area contributed by atoms with Crippen molar-refractivity contribution in [1.82, 2.24) is 4.98 Å². The van der Waals surface area contributed by atoms with Crippen molar-refractivity contribution in [2.24, 2.45) is 5.92 Å². The van der Waals surface area contributed by atoms with Crippen molar-refractivity contribution in [3.8, 4) is 0 Å². The van der Waals surface area contributed by atoms with E-state index in [1.165, 1.54) is 6.42 Å². The highest BCUT2D eigenvalue weighted by atomic mass is 32.2. The molecule has 0 amide bonds. The number of pyridine rings is 1. The molecule has 3 rings (SSSR count). The van der Waals surface area contributed by atoms with Crippen LogP contribution in [0.3, 0.4) is 0 Å². The van der Waals surface area contributed by atoms with Crippen LogP contribution in [0.25, 0.3) is 0 Å². The average molecular weight is 277 g/mol. The number of ketones is 1. The SMILES string of the molecule is O=C(Cc1ccccn1)C1CC2CCCC(C1)S2=O. The van der Waals surface area contributed by atoms with Crippen LogP contribution < -0.4 is 0 Å². The Morgan fingerprint density at radius 1 is 1.26 bits per heavy atom. The van der Waals surface area contributed by atoms with Gasteiger partial charge in [-0.3, -0.25) is 14.0 Å². The van der Waals surface area contributed by atoms with Crippen molar-refractivity contribution in [1.29, 1.82) is 0 Å². The molecule has 1 aromatic rings. The van der Waals surface area contributed by atoms with Gasteiger partial charge in [0.1, 0.15) is 5.78 Å². The van der Waals surface area contributed by atoms with Crippen LogP contribution in [0, 0.1) is 5.92 Å². The molecule has 3 heterocycles. The van der Waals surface area contributed by atoms with E-state index in [1.54, 1.807) is 6.20 Å². The molecular weight excluding hydrogens is 258 g/mol. The number of nitrogens with zero attached hydrogens (tertiary/aromatic N) is 1. The van der Waals surface area contributed by atoms with Crippen molar-refractivity contribution in [2.45, 2.75) is 49.0 Å². The van der Waals surface area contributed by atoms with Crippen LogP contribution in [0.2, 0.25) is 0 Å². The van der Waals surface area contributed by atoms with Gasteiger partial charge in [-0.2, -0.15) is 0 Å². The van der Waals surface area contributed by atoms with E-state index >= 15 is 0 Å². The Labute approximate surface area is 116 Å². The van der Waals surface area contributed by atoms with Crippen LogP contribution in [0.15, 0.2) is 24.4 Å². The predicted octanol–water partition coefficient (Wildman–Crippen LogP) is 2.27. The number of hydrogen-bond donors (Lipinski definition) is 0. The lowest BCUT2D eigenvalue weighted by atomic mass is 9.85. The summed E-state index contributed by atoms with van der Waals surface area (Å²) in [5.41, 5.74) is 0.851. The molecule has 2 unspecified atom stereocenters. The number of aromatic nitrogens is 1. The van der Waals surface area contributed by atoms with Gasteiger partial charge in [0.15, 0.2) is 0 Å². The molecule has 19 heavy (non-hydrogen) atoms. The summed E-state index contributed by atoms with van der Waals surface area (Å²) in [5, 5.41) is 0.537. The molecule has 2 aliphatic heterocycles. The first kappa shape index (κ1) is 13.0. The minimum atomic E-state index is -0.688. The Kier molecular flexibility index (Phi) is 3.78. The monoisotopic (exact) mass is 277 g/mol. The third-order valence-electron chi connectivity index (χ3n) is 4.34. The molecule has 3 nitrogen and oxygen atoms in total. The van der Waals surface area contributed by atoms with Gasteiger partial charge in [-0.15, -0.1) is 0 Å². The third kappa shape index (κ3) is 2.78. The fourth-order valence-corrected chi connectivity index (χ4v) is 5.51. The van der Waals surface area contributed by atoms with Gasteiger partial charge in [-0.05, 0) is 37.8 Å². The lowest BCUT2D eigenvalue weighted by Crippen LogP contribution is -2.41. The number of carbonyl (C=O) groups is 1. The lowest BCUT2D eigenvalue weighted by molar-refractivity contribution is -0.122. The summed E-state index contributed by atoms with van der Waals surface area (Å²) in [6, 6.07) is 5.68. The first-order valence-corrected chi connectivity index (χ1v) is 8.33. The number of hydrogen-bond acceptors (Lipinski definition) is 3. The minimum absolute atomic E-state index is 0.106. The number of carbonyl (C=O) groups excluding carboxylic acids is 1. The summed E-state index contributed by atoms with van der Waals surface area (Å²) in [6.07, 6.45) is 7.07. The maximum atomic E-state index is 12.4. The lowest BCUT2D eigenvalue weighted by Gasteiger charge is -2.37. The Bertz CT molecular complexity index is 472. The second-order valence-electron chi connectivity index (χ2n) is 5.64. The molecule has 0 spiro atoms. The maximum absolute atomic E-state index is 12.4. The van der Waals surface area contributed by atoms with Crippen LogP contribution in [-0.2, 0) is 22.0 Å².